The fraction of sp³-hybridized carbons (Fsp3) is 0.412. The van der Waals surface area contributed by atoms with Crippen molar-refractivity contribution in [2.45, 2.75) is 17.7 Å². The molecule has 1 aromatic carbocycles. The van der Waals surface area contributed by atoms with E-state index >= 15 is 0 Å². The maximum Gasteiger partial charge on any atom is 0.252 e. The first kappa shape index (κ1) is 18.0. The number of ether oxygens (including phenoxy) is 1. The predicted octanol–water partition coefficient (Wildman–Crippen LogP) is 1.52. The Bertz CT molecular complexity index is 820. The molecule has 2 atom stereocenters. The minimum atomic E-state index is -3.02. The number of fused-ring (bicyclic) bond motifs is 1. The normalized spacial score (nSPS) is 25.8. The Balaban J connectivity index is 1.78. The van der Waals surface area contributed by atoms with Gasteiger partial charge in [0.25, 0.3) is 5.91 Å². The molecule has 6 nitrogen and oxygen atoms in total. The summed E-state index contributed by atoms with van der Waals surface area (Å²) in [4.78, 5) is 18.5. The predicted molar refractivity (Wildman–Crippen MR) is 99.9 cm³/mol. The van der Waals surface area contributed by atoms with E-state index in [0.29, 0.717) is 17.5 Å². The van der Waals surface area contributed by atoms with Crippen molar-refractivity contribution in [2.24, 2.45) is 4.99 Å². The monoisotopic (exact) mass is 380 g/mol. The average molecular weight is 380 g/mol. The summed E-state index contributed by atoms with van der Waals surface area (Å²) in [5.41, 5.74) is 0.778. The molecule has 2 fully saturated rings. The van der Waals surface area contributed by atoms with E-state index < -0.39 is 9.84 Å². The summed E-state index contributed by atoms with van der Waals surface area (Å²) in [5.74, 6) is 0.624. The van der Waals surface area contributed by atoms with Gasteiger partial charge in [-0.25, -0.2) is 8.42 Å². The lowest BCUT2D eigenvalue weighted by molar-refractivity contribution is -0.117. The number of benzene rings is 1. The van der Waals surface area contributed by atoms with Crippen molar-refractivity contribution < 1.29 is 17.9 Å². The number of aliphatic imine (C=N–C) groups is 1. The summed E-state index contributed by atoms with van der Waals surface area (Å²) < 4.78 is 29.0. The Morgan fingerprint density at radius 2 is 2.20 bits per heavy atom. The Morgan fingerprint density at radius 1 is 1.44 bits per heavy atom. The van der Waals surface area contributed by atoms with E-state index in [1.807, 2.05) is 23.1 Å². The molecule has 2 heterocycles. The highest BCUT2D eigenvalue weighted by Gasteiger charge is 2.48. The maximum absolute atomic E-state index is 12.4. The second-order valence-corrected chi connectivity index (χ2v) is 9.38. The zero-order valence-electron chi connectivity index (χ0n) is 13.9. The molecule has 0 spiro atoms. The summed E-state index contributed by atoms with van der Waals surface area (Å²) in [6.07, 6.45) is 1.84. The van der Waals surface area contributed by atoms with Gasteiger partial charge in [0.05, 0.1) is 31.1 Å². The SMILES string of the molecule is C=CCN1C(=NC(=O)Cc2ccccc2OC)S[C@H]2CS(=O)(=O)C[C@@H]21. The molecule has 0 aromatic heterocycles. The van der Waals surface area contributed by atoms with Crippen molar-refractivity contribution in [3.8, 4) is 5.75 Å². The Kier molecular flexibility index (Phi) is 5.19. The van der Waals surface area contributed by atoms with E-state index in [4.69, 9.17) is 4.74 Å². The second-order valence-electron chi connectivity index (χ2n) is 6.02. The molecule has 0 unspecified atom stereocenters. The third-order valence-electron chi connectivity index (χ3n) is 4.26. The zero-order valence-corrected chi connectivity index (χ0v) is 15.6. The van der Waals surface area contributed by atoms with Gasteiger partial charge in [0.2, 0.25) is 0 Å². The molecule has 0 N–H and O–H groups in total. The number of carbonyl (C=O) groups excluding carboxylic acids is 1. The first-order valence-electron chi connectivity index (χ1n) is 7.91. The number of hydrogen-bond donors (Lipinski definition) is 0. The van der Waals surface area contributed by atoms with Gasteiger partial charge in [-0.1, -0.05) is 36.0 Å². The minimum Gasteiger partial charge on any atom is -0.496 e. The van der Waals surface area contributed by atoms with E-state index in [9.17, 15) is 13.2 Å². The van der Waals surface area contributed by atoms with Gasteiger partial charge in [0, 0.05) is 17.4 Å². The van der Waals surface area contributed by atoms with E-state index in [1.165, 1.54) is 11.8 Å². The lowest BCUT2D eigenvalue weighted by atomic mass is 10.1. The number of sulfone groups is 1. The number of hydrogen-bond acceptors (Lipinski definition) is 5. The van der Waals surface area contributed by atoms with Crippen LogP contribution in [0.2, 0.25) is 0 Å². The fourth-order valence-electron chi connectivity index (χ4n) is 3.15. The molecular formula is C17H20N2O4S2. The largest absolute Gasteiger partial charge is 0.496 e. The van der Waals surface area contributed by atoms with Crippen LogP contribution in [0.4, 0.5) is 0 Å². The highest BCUT2D eigenvalue weighted by atomic mass is 32.2. The molecule has 2 saturated heterocycles. The van der Waals surface area contributed by atoms with Gasteiger partial charge < -0.3 is 9.64 Å². The zero-order chi connectivity index (χ0) is 18.0. The van der Waals surface area contributed by atoms with E-state index in [2.05, 4.69) is 11.6 Å². The van der Waals surface area contributed by atoms with E-state index in [1.54, 1.807) is 19.3 Å². The molecule has 0 saturated carbocycles. The Labute approximate surface area is 151 Å². The molecule has 0 bridgehead atoms. The van der Waals surface area contributed by atoms with E-state index in [-0.39, 0.29) is 35.1 Å². The summed E-state index contributed by atoms with van der Waals surface area (Å²) in [6.45, 7) is 4.20. The minimum absolute atomic E-state index is 0.0669. The van der Waals surface area contributed by atoms with Crippen LogP contribution in [0, 0.1) is 0 Å². The summed E-state index contributed by atoms with van der Waals surface area (Å²) in [6, 6.07) is 7.20. The van der Waals surface area contributed by atoms with Crippen LogP contribution in [0.25, 0.3) is 0 Å². The highest BCUT2D eigenvalue weighted by Crippen LogP contribution is 2.38. The van der Waals surface area contributed by atoms with Crippen LogP contribution in [0.1, 0.15) is 5.56 Å². The van der Waals surface area contributed by atoms with Crippen LogP contribution in [0.3, 0.4) is 0 Å². The second kappa shape index (κ2) is 7.21. The van der Waals surface area contributed by atoms with Crippen LogP contribution >= 0.6 is 11.8 Å². The van der Waals surface area contributed by atoms with Gasteiger partial charge in [-0.05, 0) is 6.07 Å². The van der Waals surface area contributed by atoms with Crippen LogP contribution < -0.4 is 4.74 Å². The van der Waals surface area contributed by atoms with Crippen LogP contribution in [-0.2, 0) is 21.1 Å². The van der Waals surface area contributed by atoms with Crippen molar-refractivity contribution in [2.75, 3.05) is 25.2 Å². The fourth-order valence-corrected chi connectivity index (χ4v) is 7.12. The topological polar surface area (TPSA) is 76.0 Å². The van der Waals surface area contributed by atoms with Crippen LogP contribution in [0.15, 0.2) is 41.9 Å². The van der Waals surface area contributed by atoms with Crippen molar-refractivity contribution in [3.05, 3.63) is 42.5 Å². The standard InChI is InChI=1S/C17H20N2O4S2/c1-3-8-19-13-10-25(21,22)11-15(13)24-17(19)18-16(20)9-12-6-4-5-7-14(12)23-2/h3-7,13,15H,1,8-11H2,2H3/t13-,15-/m0/s1. The van der Waals surface area contributed by atoms with Crippen LogP contribution in [0.5, 0.6) is 5.75 Å². The van der Waals surface area contributed by atoms with Gasteiger partial charge in [-0.3, -0.25) is 4.79 Å². The highest BCUT2D eigenvalue weighted by molar-refractivity contribution is 8.15. The molecule has 8 heteroatoms. The Hall–Kier alpha value is -1.80. The first-order valence-corrected chi connectivity index (χ1v) is 10.6. The van der Waals surface area contributed by atoms with Crippen LogP contribution in [-0.4, -0.2) is 60.8 Å². The number of amidine groups is 1. The molecule has 1 amide bonds. The van der Waals surface area contributed by atoms with Crippen molar-refractivity contribution in [1.29, 1.82) is 0 Å². The molecule has 0 aliphatic carbocycles. The molecule has 134 valence electrons. The smallest absolute Gasteiger partial charge is 0.252 e. The van der Waals surface area contributed by atoms with Gasteiger partial charge in [0.1, 0.15) is 5.75 Å². The molecular weight excluding hydrogens is 360 g/mol. The lowest BCUT2D eigenvalue weighted by Crippen LogP contribution is -2.37. The molecule has 0 radical (unpaired) electrons. The van der Waals surface area contributed by atoms with E-state index in [0.717, 1.165) is 5.56 Å². The summed E-state index contributed by atoms with van der Waals surface area (Å²) in [5, 5.41) is 0.521. The third kappa shape index (κ3) is 3.90. The lowest BCUT2D eigenvalue weighted by Gasteiger charge is -2.22. The molecule has 25 heavy (non-hydrogen) atoms. The van der Waals surface area contributed by atoms with Gasteiger partial charge in [-0.15, -0.1) is 6.58 Å². The number of nitrogens with zero attached hydrogens (tertiary/aromatic N) is 2. The van der Waals surface area contributed by atoms with Crippen molar-refractivity contribution >= 4 is 32.7 Å². The summed E-state index contributed by atoms with van der Waals surface area (Å²) >= 11 is 1.38. The number of methoxy groups -OCH3 is 1. The first-order chi connectivity index (χ1) is 11.9. The third-order valence-corrected chi connectivity index (χ3v) is 7.50. The molecule has 1 aromatic rings. The molecule has 2 aliphatic rings. The number of para-hydroxylation sites is 1. The maximum atomic E-state index is 12.4. The molecule has 2 aliphatic heterocycles. The van der Waals surface area contributed by atoms with Gasteiger partial charge in [-0.2, -0.15) is 4.99 Å². The number of rotatable bonds is 5. The quantitative estimate of drug-likeness (QED) is 0.721. The van der Waals surface area contributed by atoms with Crippen molar-refractivity contribution in [1.82, 2.24) is 4.90 Å². The van der Waals surface area contributed by atoms with Gasteiger partial charge >= 0.3 is 0 Å². The average Bonchev–Trinajstić information content (AvgIpc) is 3.01. The number of thioether (sulfide) groups is 1. The van der Waals surface area contributed by atoms with Crippen molar-refractivity contribution in [3.63, 3.8) is 0 Å². The number of carbonyl (C=O) groups is 1. The summed E-state index contributed by atoms with van der Waals surface area (Å²) in [7, 11) is -1.45. The number of amides is 1. The van der Waals surface area contributed by atoms with Gasteiger partial charge in [0.15, 0.2) is 15.0 Å². The molecule has 3 rings (SSSR count). The Morgan fingerprint density at radius 3 is 2.92 bits per heavy atom.